The smallest absolute Gasteiger partial charge is 0.746 e. The number of hydrogen-bond donors (Lipinski definition) is 1. The van der Waals surface area contributed by atoms with E-state index in [0.29, 0.717) is 6.42 Å². The van der Waals surface area contributed by atoms with Gasteiger partial charge in [0, 0.05) is 0 Å². The first-order valence-electron chi connectivity index (χ1n) is 11.5. The third kappa shape index (κ3) is 16.6. The molecule has 0 saturated carbocycles. The van der Waals surface area contributed by atoms with Crippen molar-refractivity contribution in [3.8, 4) is 0 Å². The summed E-state index contributed by atoms with van der Waals surface area (Å²) in [5.41, 5.74) is 0. The summed E-state index contributed by atoms with van der Waals surface area (Å²) in [6, 6.07) is 0. The minimum Gasteiger partial charge on any atom is -0.746 e. The van der Waals surface area contributed by atoms with E-state index in [9.17, 15) is 18.1 Å². The molecule has 0 aliphatic rings. The Morgan fingerprint density at radius 3 is 1.18 bits per heavy atom. The maximum Gasteiger partial charge on any atom is 1.00 e. The van der Waals surface area contributed by atoms with Gasteiger partial charge < -0.3 is 9.66 Å². The number of aliphatic hydroxyl groups is 1. The van der Waals surface area contributed by atoms with Gasteiger partial charge in [-0.05, 0) is 19.3 Å². The van der Waals surface area contributed by atoms with Gasteiger partial charge in [0.1, 0.15) is 10.1 Å². The van der Waals surface area contributed by atoms with Crippen LogP contribution in [0.25, 0.3) is 0 Å². The SMILES string of the molecule is CCCCCCCCCCCCCCCCCCCC(O)(CC)S(=O)(=O)[O-].[Na+]. The molecule has 0 radical (unpaired) electrons. The van der Waals surface area contributed by atoms with Crippen LogP contribution < -0.4 is 29.6 Å². The van der Waals surface area contributed by atoms with Crippen LogP contribution in [-0.4, -0.2) is 23.0 Å². The second kappa shape index (κ2) is 19.8. The molecule has 4 nitrogen and oxygen atoms in total. The Kier molecular flexibility index (Phi) is 22.0. The largest absolute Gasteiger partial charge is 1.00 e. The van der Waals surface area contributed by atoms with E-state index in [0.717, 1.165) is 19.3 Å². The molecule has 0 spiro atoms. The van der Waals surface area contributed by atoms with Crippen LogP contribution in [0, 0.1) is 0 Å². The van der Waals surface area contributed by atoms with Gasteiger partial charge >= 0.3 is 29.6 Å². The second-order valence-corrected chi connectivity index (χ2v) is 9.83. The second-order valence-electron chi connectivity index (χ2n) is 8.16. The van der Waals surface area contributed by atoms with Crippen LogP contribution >= 0.6 is 0 Å². The van der Waals surface area contributed by atoms with Crippen molar-refractivity contribution in [1.82, 2.24) is 0 Å². The summed E-state index contributed by atoms with van der Waals surface area (Å²) in [4.78, 5) is -2.07. The van der Waals surface area contributed by atoms with Crippen molar-refractivity contribution in [2.45, 2.75) is 141 Å². The van der Waals surface area contributed by atoms with Crippen molar-refractivity contribution in [2.75, 3.05) is 0 Å². The summed E-state index contributed by atoms with van der Waals surface area (Å²) in [5.74, 6) is 0. The molecule has 0 aromatic rings. The molecule has 0 rings (SSSR count). The Hall–Kier alpha value is 0.870. The molecule has 0 aliphatic heterocycles. The van der Waals surface area contributed by atoms with E-state index in [1.807, 2.05) is 0 Å². The number of unbranched alkanes of at least 4 members (excludes halogenated alkanes) is 16. The van der Waals surface area contributed by atoms with Crippen LogP contribution in [0.5, 0.6) is 0 Å². The predicted octanol–water partition coefficient (Wildman–Crippen LogP) is 3.68. The van der Waals surface area contributed by atoms with Crippen molar-refractivity contribution in [2.24, 2.45) is 0 Å². The fraction of sp³-hybridized carbons (Fsp3) is 1.00. The molecule has 0 saturated heterocycles. The molecule has 28 heavy (non-hydrogen) atoms. The zero-order valence-corrected chi connectivity index (χ0v) is 21.8. The summed E-state index contributed by atoms with van der Waals surface area (Å²) in [5, 5.41) is 9.88. The zero-order chi connectivity index (χ0) is 20.4. The average Bonchev–Trinajstić information content (AvgIpc) is 2.63. The maximum atomic E-state index is 11.1. The van der Waals surface area contributed by atoms with Gasteiger partial charge in [-0.25, -0.2) is 8.42 Å². The number of rotatable bonds is 20. The summed E-state index contributed by atoms with van der Waals surface area (Å²) in [6.07, 6.45) is 21.4. The molecule has 0 bridgehead atoms. The van der Waals surface area contributed by atoms with Gasteiger partial charge in [0.15, 0.2) is 4.93 Å². The summed E-state index contributed by atoms with van der Waals surface area (Å²) in [6.45, 7) is 3.81. The average molecular weight is 429 g/mol. The molecule has 0 aromatic carbocycles. The molecule has 0 aliphatic carbocycles. The Labute approximate surface area is 197 Å². The molecule has 1 atom stereocenters. The monoisotopic (exact) mass is 428 g/mol. The first-order chi connectivity index (χ1) is 12.9. The van der Waals surface area contributed by atoms with Crippen LogP contribution in [0.1, 0.15) is 136 Å². The molecular formula is C22H45NaO4S. The molecule has 1 N–H and O–H groups in total. The third-order valence-corrected chi connectivity index (χ3v) is 7.11. The topological polar surface area (TPSA) is 77.4 Å². The minimum atomic E-state index is -4.63. The Morgan fingerprint density at radius 1 is 0.643 bits per heavy atom. The first kappa shape index (κ1) is 31.1. The summed E-state index contributed by atoms with van der Waals surface area (Å²) >= 11 is 0. The van der Waals surface area contributed by atoms with E-state index in [2.05, 4.69) is 6.92 Å². The van der Waals surface area contributed by atoms with E-state index >= 15 is 0 Å². The third-order valence-electron chi connectivity index (χ3n) is 5.69. The van der Waals surface area contributed by atoms with Crippen LogP contribution in [-0.2, 0) is 10.1 Å². The summed E-state index contributed by atoms with van der Waals surface area (Å²) in [7, 11) is -4.63. The van der Waals surface area contributed by atoms with Crippen molar-refractivity contribution >= 4 is 10.1 Å². The van der Waals surface area contributed by atoms with Gasteiger partial charge in [0.25, 0.3) is 0 Å². The Balaban J connectivity index is 0. The molecule has 164 valence electrons. The van der Waals surface area contributed by atoms with Crippen molar-refractivity contribution in [1.29, 1.82) is 0 Å². The minimum absolute atomic E-state index is 0. The van der Waals surface area contributed by atoms with Crippen molar-refractivity contribution < 1.29 is 47.6 Å². The maximum absolute atomic E-state index is 11.1. The van der Waals surface area contributed by atoms with E-state index in [-0.39, 0.29) is 42.4 Å². The van der Waals surface area contributed by atoms with Gasteiger partial charge in [-0.2, -0.15) is 0 Å². The normalized spacial score (nSPS) is 13.9. The molecule has 1 unspecified atom stereocenters. The van der Waals surface area contributed by atoms with Gasteiger partial charge in [-0.15, -0.1) is 0 Å². The predicted molar refractivity (Wildman–Crippen MR) is 114 cm³/mol. The zero-order valence-electron chi connectivity index (χ0n) is 19.0. The van der Waals surface area contributed by atoms with E-state index in [1.54, 1.807) is 6.92 Å². The fourth-order valence-corrected chi connectivity index (χ4v) is 4.35. The molecule has 6 heteroatoms. The van der Waals surface area contributed by atoms with Crippen LogP contribution in [0.15, 0.2) is 0 Å². The Morgan fingerprint density at radius 2 is 0.929 bits per heavy atom. The Bertz CT molecular complexity index is 428. The number of hydrogen-bond acceptors (Lipinski definition) is 4. The van der Waals surface area contributed by atoms with Gasteiger partial charge in [-0.1, -0.05) is 117 Å². The molecule has 0 fully saturated rings. The first-order valence-corrected chi connectivity index (χ1v) is 13.0. The van der Waals surface area contributed by atoms with Gasteiger partial charge in [0.05, 0.1) is 0 Å². The quantitative estimate of drug-likeness (QED) is 0.182. The van der Waals surface area contributed by atoms with E-state index in [4.69, 9.17) is 0 Å². The van der Waals surface area contributed by atoms with Crippen LogP contribution in [0.2, 0.25) is 0 Å². The van der Waals surface area contributed by atoms with Gasteiger partial charge in [0.2, 0.25) is 0 Å². The standard InChI is InChI=1S/C22H46O4S.Na/c1-3-5-6-7-8-9-10-11-12-13-14-15-16-17-18-19-20-21-22(23,4-2)27(24,25)26;/h23H,3-21H2,1-2H3,(H,24,25,26);/q;+1/p-1. The molecule has 0 aromatic heterocycles. The summed E-state index contributed by atoms with van der Waals surface area (Å²) < 4.78 is 33.2. The molecule has 0 heterocycles. The van der Waals surface area contributed by atoms with E-state index < -0.39 is 15.1 Å². The molecule has 0 amide bonds. The van der Waals surface area contributed by atoms with Crippen LogP contribution in [0.4, 0.5) is 0 Å². The van der Waals surface area contributed by atoms with Crippen molar-refractivity contribution in [3.63, 3.8) is 0 Å². The van der Waals surface area contributed by atoms with Gasteiger partial charge in [-0.3, -0.25) is 0 Å². The van der Waals surface area contributed by atoms with E-state index in [1.165, 1.54) is 83.5 Å². The fourth-order valence-electron chi connectivity index (χ4n) is 3.60. The molecular weight excluding hydrogens is 383 g/mol. The van der Waals surface area contributed by atoms with Crippen LogP contribution in [0.3, 0.4) is 0 Å². The van der Waals surface area contributed by atoms with Crippen molar-refractivity contribution in [3.05, 3.63) is 0 Å².